The van der Waals surface area contributed by atoms with E-state index < -0.39 is 5.92 Å². The van der Waals surface area contributed by atoms with Gasteiger partial charge < -0.3 is 10.9 Å². The zero-order chi connectivity index (χ0) is 11.5. The Kier molecular flexibility index (Phi) is 3.24. The molecular weight excluding hydrogens is 202 g/mol. The van der Waals surface area contributed by atoms with Crippen LogP contribution in [0.5, 0.6) is 0 Å². The van der Waals surface area contributed by atoms with Crippen molar-refractivity contribution in [1.29, 1.82) is 0 Å². The molecule has 1 aromatic rings. The quantitative estimate of drug-likeness (QED) is 0.351. The third-order valence-corrected chi connectivity index (χ3v) is 2.15. The minimum absolute atomic E-state index is 0.0699. The molecule has 0 aromatic heterocycles. The number of oxime groups is 1. The molecule has 1 rings (SSSR count). The van der Waals surface area contributed by atoms with Gasteiger partial charge in [0.25, 0.3) is 5.92 Å². The van der Waals surface area contributed by atoms with Gasteiger partial charge in [-0.2, -0.15) is 0 Å². The Morgan fingerprint density at radius 3 is 2.33 bits per heavy atom. The molecule has 1 aromatic carbocycles. The highest BCUT2D eigenvalue weighted by Crippen LogP contribution is 2.31. The number of alkyl halides is 2. The van der Waals surface area contributed by atoms with E-state index in [1.165, 1.54) is 31.2 Å². The highest BCUT2D eigenvalue weighted by atomic mass is 19.3. The molecule has 0 aliphatic heterocycles. The van der Waals surface area contributed by atoms with E-state index in [4.69, 9.17) is 10.9 Å². The predicted octanol–water partition coefficient (Wildman–Crippen LogP) is 2.28. The fourth-order valence-electron chi connectivity index (χ4n) is 1.15. The molecule has 0 saturated carbocycles. The summed E-state index contributed by atoms with van der Waals surface area (Å²) in [6.45, 7) is 1.41. The Morgan fingerprint density at radius 1 is 1.40 bits per heavy atom. The van der Waals surface area contributed by atoms with Crippen LogP contribution in [0.4, 0.5) is 8.78 Å². The minimum atomic E-state index is -2.83. The first-order valence-electron chi connectivity index (χ1n) is 4.47. The van der Waals surface area contributed by atoms with Crippen molar-refractivity contribution >= 4 is 5.84 Å². The van der Waals surface area contributed by atoms with Crippen molar-refractivity contribution in [3.8, 4) is 0 Å². The summed E-state index contributed by atoms with van der Waals surface area (Å²) in [6, 6.07) is 5.34. The Balaban J connectivity index is 3.00. The second kappa shape index (κ2) is 4.25. The van der Waals surface area contributed by atoms with E-state index in [1.807, 2.05) is 0 Å². The zero-order valence-corrected chi connectivity index (χ0v) is 8.24. The van der Waals surface area contributed by atoms with Crippen LogP contribution in [0.1, 0.15) is 24.5 Å². The van der Waals surface area contributed by atoms with Crippen molar-refractivity contribution in [1.82, 2.24) is 0 Å². The normalized spacial score (nSPS) is 12.9. The van der Waals surface area contributed by atoms with Gasteiger partial charge in [0.05, 0.1) is 0 Å². The summed E-state index contributed by atoms with van der Waals surface area (Å²) in [7, 11) is 0. The highest BCUT2D eigenvalue weighted by molar-refractivity contribution is 5.96. The van der Waals surface area contributed by atoms with Crippen LogP contribution in [-0.4, -0.2) is 11.0 Å². The summed E-state index contributed by atoms with van der Waals surface area (Å²) in [6.07, 6.45) is -0.254. The van der Waals surface area contributed by atoms with Crippen molar-refractivity contribution < 1.29 is 14.0 Å². The second-order valence-electron chi connectivity index (χ2n) is 3.12. The largest absolute Gasteiger partial charge is 0.409 e. The average Bonchev–Trinajstić information content (AvgIpc) is 2.28. The van der Waals surface area contributed by atoms with Crippen LogP contribution >= 0.6 is 0 Å². The molecule has 0 amide bonds. The Morgan fingerprint density at radius 2 is 1.93 bits per heavy atom. The molecular formula is C10H12F2N2O. The van der Waals surface area contributed by atoms with Gasteiger partial charge in [0.1, 0.15) is 0 Å². The fourth-order valence-corrected chi connectivity index (χ4v) is 1.15. The van der Waals surface area contributed by atoms with E-state index in [0.29, 0.717) is 5.56 Å². The molecule has 0 aliphatic carbocycles. The highest BCUT2D eigenvalue weighted by Gasteiger charge is 2.28. The van der Waals surface area contributed by atoms with E-state index in [9.17, 15) is 8.78 Å². The van der Waals surface area contributed by atoms with Gasteiger partial charge in [-0.15, -0.1) is 0 Å². The van der Waals surface area contributed by atoms with Gasteiger partial charge in [0.15, 0.2) is 5.84 Å². The standard InChI is InChI=1S/C10H12F2N2O/c1-2-10(11,12)8-5-3-7(4-6-8)9(13)14-15/h3-6,15H,2H2,1H3,(H2,13,14). The van der Waals surface area contributed by atoms with Crippen LogP contribution in [0.25, 0.3) is 0 Å². The van der Waals surface area contributed by atoms with E-state index in [1.54, 1.807) is 0 Å². The lowest BCUT2D eigenvalue weighted by atomic mass is 10.0. The molecule has 3 nitrogen and oxygen atoms in total. The summed E-state index contributed by atoms with van der Waals surface area (Å²) in [4.78, 5) is 0. The Labute approximate surface area is 86.2 Å². The first kappa shape index (κ1) is 11.4. The molecule has 82 valence electrons. The molecule has 0 saturated heterocycles. The fraction of sp³-hybridized carbons (Fsp3) is 0.300. The number of halogens is 2. The lowest BCUT2D eigenvalue weighted by molar-refractivity contribution is -0.00828. The molecule has 0 aliphatic rings. The number of hydrogen-bond donors (Lipinski definition) is 2. The zero-order valence-electron chi connectivity index (χ0n) is 8.24. The van der Waals surface area contributed by atoms with Crippen molar-refractivity contribution in [3.63, 3.8) is 0 Å². The smallest absolute Gasteiger partial charge is 0.273 e. The molecule has 0 unspecified atom stereocenters. The average molecular weight is 214 g/mol. The van der Waals surface area contributed by atoms with E-state index in [2.05, 4.69) is 5.16 Å². The molecule has 0 bridgehead atoms. The first-order valence-corrected chi connectivity index (χ1v) is 4.47. The number of rotatable bonds is 3. The molecule has 15 heavy (non-hydrogen) atoms. The second-order valence-corrected chi connectivity index (χ2v) is 3.12. The van der Waals surface area contributed by atoms with Gasteiger partial charge in [0.2, 0.25) is 0 Å². The van der Waals surface area contributed by atoms with Crippen LogP contribution in [0.3, 0.4) is 0 Å². The van der Waals surface area contributed by atoms with E-state index >= 15 is 0 Å². The Hall–Kier alpha value is -1.65. The SMILES string of the molecule is CCC(F)(F)c1ccc(C(N)=NO)cc1. The summed E-state index contributed by atoms with van der Waals surface area (Å²) in [5.74, 6) is -2.93. The van der Waals surface area contributed by atoms with Crippen molar-refractivity contribution in [2.45, 2.75) is 19.3 Å². The van der Waals surface area contributed by atoms with Gasteiger partial charge in [0, 0.05) is 17.5 Å². The maximum Gasteiger partial charge on any atom is 0.273 e. The van der Waals surface area contributed by atoms with E-state index in [-0.39, 0.29) is 17.8 Å². The summed E-state index contributed by atoms with van der Waals surface area (Å²) < 4.78 is 26.4. The van der Waals surface area contributed by atoms with Crippen molar-refractivity contribution in [3.05, 3.63) is 35.4 Å². The van der Waals surface area contributed by atoms with Gasteiger partial charge >= 0.3 is 0 Å². The number of amidine groups is 1. The maximum atomic E-state index is 13.2. The maximum absolute atomic E-state index is 13.2. The van der Waals surface area contributed by atoms with Gasteiger partial charge in [-0.25, -0.2) is 8.78 Å². The lowest BCUT2D eigenvalue weighted by Gasteiger charge is -2.14. The number of hydrogen-bond acceptors (Lipinski definition) is 2. The summed E-state index contributed by atoms with van der Waals surface area (Å²) >= 11 is 0. The third-order valence-electron chi connectivity index (χ3n) is 2.15. The van der Waals surface area contributed by atoms with Gasteiger partial charge in [-0.3, -0.25) is 0 Å². The van der Waals surface area contributed by atoms with Gasteiger partial charge in [-0.1, -0.05) is 36.3 Å². The van der Waals surface area contributed by atoms with Crippen LogP contribution < -0.4 is 5.73 Å². The molecule has 0 atom stereocenters. The minimum Gasteiger partial charge on any atom is -0.409 e. The first-order chi connectivity index (χ1) is 7.01. The van der Waals surface area contributed by atoms with Crippen LogP contribution in [0.2, 0.25) is 0 Å². The molecule has 0 heterocycles. The number of nitrogens with zero attached hydrogens (tertiary/aromatic N) is 1. The van der Waals surface area contributed by atoms with Crippen LogP contribution in [-0.2, 0) is 5.92 Å². The Bertz CT molecular complexity index is 360. The van der Waals surface area contributed by atoms with Crippen molar-refractivity contribution in [2.75, 3.05) is 0 Å². The summed E-state index contributed by atoms with van der Waals surface area (Å²) in [5.41, 5.74) is 5.64. The molecule has 3 N–H and O–H groups in total. The number of benzene rings is 1. The van der Waals surface area contributed by atoms with Gasteiger partial charge in [-0.05, 0) is 0 Å². The molecule has 0 spiro atoms. The predicted molar refractivity (Wildman–Crippen MR) is 53.1 cm³/mol. The monoisotopic (exact) mass is 214 g/mol. The topological polar surface area (TPSA) is 58.6 Å². The molecule has 0 radical (unpaired) electrons. The van der Waals surface area contributed by atoms with E-state index in [0.717, 1.165) is 0 Å². The lowest BCUT2D eigenvalue weighted by Crippen LogP contribution is -2.15. The van der Waals surface area contributed by atoms with Crippen LogP contribution in [0.15, 0.2) is 29.4 Å². The molecule has 5 heteroatoms. The molecule has 0 fully saturated rings. The number of nitrogens with two attached hydrogens (primary N) is 1. The summed E-state index contributed by atoms with van der Waals surface area (Å²) in [5, 5.41) is 11.2. The van der Waals surface area contributed by atoms with Crippen LogP contribution in [0, 0.1) is 0 Å². The third kappa shape index (κ3) is 2.43. The van der Waals surface area contributed by atoms with Crippen molar-refractivity contribution in [2.24, 2.45) is 10.9 Å².